The van der Waals surface area contributed by atoms with Crippen LogP contribution in [-0.4, -0.2) is 13.2 Å². The van der Waals surface area contributed by atoms with Crippen molar-refractivity contribution >= 4 is 11.6 Å². The van der Waals surface area contributed by atoms with Crippen molar-refractivity contribution in [1.29, 1.82) is 0 Å². The van der Waals surface area contributed by atoms with Crippen LogP contribution in [-0.2, 0) is 6.54 Å². The van der Waals surface area contributed by atoms with Crippen LogP contribution in [0.4, 0.5) is 11.6 Å². The van der Waals surface area contributed by atoms with Gasteiger partial charge < -0.3 is 19.8 Å². The second kappa shape index (κ2) is 4.05. The summed E-state index contributed by atoms with van der Waals surface area (Å²) in [4.78, 5) is 2.22. The van der Waals surface area contributed by atoms with Crippen LogP contribution in [0.15, 0.2) is 40.8 Å². The Morgan fingerprint density at radius 3 is 2.88 bits per heavy atom. The van der Waals surface area contributed by atoms with Gasteiger partial charge in [0.05, 0.1) is 6.54 Å². The molecule has 1 aliphatic rings. The summed E-state index contributed by atoms with van der Waals surface area (Å²) in [5, 5.41) is 0. The Morgan fingerprint density at radius 1 is 1.24 bits per heavy atom. The number of ether oxygens (including phenoxy) is 1. The largest absolute Gasteiger partial charge is 0.462 e. The van der Waals surface area contributed by atoms with Crippen molar-refractivity contribution in [1.82, 2.24) is 0 Å². The van der Waals surface area contributed by atoms with E-state index in [2.05, 4.69) is 17.0 Å². The van der Waals surface area contributed by atoms with Crippen LogP contribution >= 0.6 is 0 Å². The molecule has 0 saturated carbocycles. The van der Waals surface area contributed by atoms with Gasteiger partial charge in [0.15, 0.2) is 5.88 Å². The second-order valence-corrected chi connectivity index (χ2v) is 4.08. The first-order valence-electron chi connectivity index (χ1n) is 5.64. The van der Waals surface area contributed by atoms with Crippen molar-refractivity contribution in [3.63, 3.8) is 0 Å². The first-order chi connectivity index (χ1) is 8.33. The van der Waals surface area contributed by atoms with Crippen molar-refractivity contribution in [3.05, 3.63) is 42.0 Å². The van der Waals surface area contributed by atoms with E-state index in [9.17, 15) is 0 Å². The summed E-state index contributed by atoms with van der Waals surface area (Å²) in [6, 6.07) is 12.1. The monoisotopic (exact) mass is 230 g/mol. The minimum atomic E-state index is 0.398. The van der Waals surface area contributed by atoms with E-state index < -0.39 is 0 Å². The molecule has 4 nitrogen and oxygen atoms in total. The number of nitrogens with zero attached hydrogens (tertiary/aromatic N) is 1. The van der Waals surface area contributed by atoms with Crippen LogP contribution in [0.2, 0.25) is 0 Å². The molecular weight excluding hydrogens is 216 g/mol. The summed E-state index contributed by atoms with van der Waals surface area (Å²) in [6.07, 6.45) is 0. The fourth-order valence-corrected chi connectivity index (χ4v) is 2.04. The van der Waals surface area contributed by atoms with Crippen LogP contribution in [0.3, 0.4) is 0 Å². The fraction of sp³-hybridized carbons (Fsp3) is 0.231. The lowest BCUT2D eigenvalue weighted by molar-refractivity contribution is 0.238. The van der Waals surface area contributed by atoms with Gasteiger partial charge >= 0.3 is 5.95 Å². The van der Waals surface area contributed by atoms with Gasteiger partial charge in [0.1, 0.15) is 12.3 Å². The molecule has 0 bridgehead atoms. The summed E-state index contributed by atoms with van der Waals surface area (Å²) < 4.78 is 10.7. The first kappa shape index (κ1) is 10.1. The lowest BCUT2D eigenvalue weighted by atomic mass is 10.2. The molecular formula is C13H14N2O2. The third kappa shape index (κ3) is 1.93. The van der Waals surface area contributed by atoms with Crippen LogP contribution in [0, 0.1) is 0 Å². The molecule has 2 N–H and O–H groups in total. The smallest absolute Gasteiger partial charge is 0.310 e. The molecule has 88 valence electrons. The van der Waals surface area contributed by atoms with Crippen molar-refractivity contribution in [2.24, 2.45) is 0 Å². The van der Waals surface area contributed by atoms with Crippen LogP contribution in [0.1, 0.15) is 5.56 Å². The number of hydrogen-bond acceptors (Lipinski definition) is 4. The van der Waals surface area contributed by atoms with Gasteiger partial charge in [-0.2, -0.15) is 0 Å². The molecule has 0 atom stereocenters. The summed E-state index contributed by atoms with van der Waals surface area (Å²) in [5.74, 6) is 0.930. The van der Waals surface area contributed by atoms with Crippen LogP contribution in [0.25, 0.3) is 0 Å². The number of hydrogen-bond donors (Lipinski definition) is 1. The zero-order valence-corrected chi connectivity index (χ0v) is 9.43. The highest BCUT2D eigenvalue weighted by molar-refractivity contribution is 5.61. The predicted octanol–water partition coefficient (Wildman–Crippen LogP) is 2.26. The molecule has 0 saturated heterocycles. The molecule has 4 heteroatoms. The molecule has 3 rings (SSSR count). The Balaban J connectivity index is 1.86. The zero-order valence-electron chi connectivity index (χ0n) is 9.43. The number of anilines is 2. The van der Waals surface area contributed by atoms with Gasteiger partial charge in [0.25, 0.3) is 0 Å². The Hall–Kier alpha value is -2.10. The first-order valence-corrected chi connectivity index (χ1v) is 5.64. The Kier molecular flexibility index (Phi) is 2.40. The van der Waals surface area contributed by atoms with Gasteiger partial charge in [-0.3, -0.25) is 0 Å². The fourth-order valence-electron chi connectivity index (χ4n) is 2.04. The average Bonchev–Trinajstić information content (AvgIpc) is 2.72. The number of benzene rings is 1. The minimum Gasteiger partial charge on any atom is -0.462 e. The van der Waals surface area contributed by atoms with Crippen LogP contribution in [0.5, 0.6) is 5.95 Å². The van der Waals surface area contributed by atoms with Crippen molar-refractivity contribution in [2.75, 3.05) is 23.8 Å². The highest BCUT2D eigenvalue weighted by Crippen LogP contribution is 2.36. The number of fused-ring (bicyclic) bond motifs is 1. The highest BCUT2D eigenvalue weighted by atomic mass is 16.6. The number of nitrogens with two attached hydrogens (primary N) is 1. The normalized spacial score (nSPS) is 14.2. The van der Waals surface area contributed by atoms with Gasteiger partial charge in [0.2, 0.25) is 0 Å². The molecule has 1 aromatic carbocycles. The van der Waals surface area contributed by atoms with Crippen molar-refractivity contribution < 1.29 is 9.15 Å². The van der Waals surface area contributed by atoms with Crippen molar-refractivity contribution in [2.45, 2.75) is 6.54 Å². The quantitative estimate of drug-likeness (QED) is 0.859. The standard InChI is InChI=1S/C13H14N2O2/c14-12-8-11-13(17-12)16-7-6-15(11)9-10-4-2-1-3-5-10/h1-5,8H,6-7,9,14H2. The van der Waals surface area contributed by atoms with E-state index in [0.717, 1.165) is 18.8 Å². The lowest BCUT2D eigenvalue weighted by Gasteiger charge is -2.27. The molecule has 0 radical (unpaired) electrons. The summed E-state index contributed by atoms with van der Waals surface area (Å²) in [5.41, 5.74) is 7.85. The molecule has 0 amide bonds. The molecule has 0 fully saturated rings. The third-order valence-electron chi connectivity index (χ3n) is 2.85. The number of furan rings is 1. The lowest BCUT2D eigenvalue weighted by Crippen LogP contribution is -2.31. The van der Waals surface area contributed by atoms with Crippen LogP contribution < -0.4 is 15.4 Å². The maximum Gasteiger partial charge on any atom is 0.310 e. The summed E-state index contributed by atoms with van der Waals surface area (Å²) in [7, 11) is 0. The molecule has 0 unspecified atom stereocenters. The van der Waals surface area contributed by atoms with E-state index in [1.165, 1.54) is 5.56 Å². The SMILES string of the molecule is Nc1cc2c(o1)OCCN2Cc1ccccc1. The average molecular weight is 230 g/mol. The van der Waals surface area contributed by atoms with Gasteiger partial charge in [-0.25, -0.2) is 0 Å². The van der Waals surface area contributed by atoms with E-state index in [-0.39, 0.29) is 0 Å². The minimum absolute atomic E-state index is 0.398. The molecule has 17 heavy (non-hydrogen) atoms. The summed E-state index contributed by atoms with van der Waals surface area (Å²) >= 11 is 0. The van der Waals surface area contributed by atoms with E-state index in [4.69, 9.17) is 14.9 Å². The van der Waals surface area contributed by atoms with Gasteiger partial charge in [-0.15, -0.1) is 0 Å². The molecule has 1 aliphatic heterocycles. The molecule has 0 spiro atoms. The van der Waals surface area contributed by atoms with Gasteiger partial charge in [-0.05, 0) is 5.56 Å². The van der Waals surface area contributed by atoms with E-state index >= 15 is 0 Å². The van der Waals surface area contributed by atoms with Crippen molar-refractivity contribution in [3.8, 4) is 5.95 Å². The second-order valence-electron chi connectivity index (χ2n) is 4.08. The summed E-state index contributed by atoms with van der Waals surface area (Å²) in [6.45, 7) is 2.32. The van der Waals surface area contributed by atoms with Gasteiger partial charge in [0, 0.05) is 12.6 Å². The number of rotatable bonds is 2. The molecule has 0 aliphatic carbocycles. The zero-order chi connectivity index (χ0) is 11.7. The Bertz CT molecular complexity index is 507. The molecule has 1 aromatic heterocycles. The van der Waals surface area contributed by atoms with E-state index in [1.807, 2.05) is 24.3 Å². The molecule has 2 heterocycles. The maximum atomic E-state index is 5.64. The third-order valence-corrected chi connectivity index (χ3v) is 2.85. The topological polar surface area (TPSA) is 51.6 Å². The maximum absolute atomic E-state index is 5.64. The number of nitrogen functional groups attached to an aromatic ring is 1. The van der Waals surface area contributed by atoms with Gasteiger partial charge in [-0.1, -0.05) is 30.3 Å². The molecule has 2 aromatic rings. The predicted molar refractivity (Wildman–Crippen MR) is 66.1 cm³/mol. The highest BCUT2D eigenvalue weighted by Gasteiger charge is 2.22. The Labute approximate surface area is 99.6 Å². The van der Waals surface area contributed by atoms with E-state index in [0.29, 0.717) is 18.4 Å². The van der Waals surface area contributed by atoms with E-state index in [1.54, 1.807) is 0 Å². The Morgan fingerprint density at radius 2 is 2.06 bits per heavy atom.